The zero-order valence-corrected chi connectivity index (χ0v) is 14.3. The lowest BCUT2D eigenvalue weighted by atomic mass is 10.0. The average Bonchev–Trinajstić information content (AvgIpc) is 3.09. The van der Waals surface area contributed by atoms with E-state index in [0.717, 1.165) is 25.1 Å². The molecule has 0 spiro atoms. The summed E-state index contributed by atoms with van der Waals surface area (Å²) in [5.41, 5.74) is 0. The summed E-state index contributed by atoms with van der Waals surface area (Å²) in [7, 11) is 0. The molecule has 1 aromatic carbocycles. The number of ether oxygens (including phenoxy) is 1. The first-order valence-corrected chi connectivity index (χ1v) is 8.55. The molecule has 0 aliphatic carbocycles. The van der Waals surface area contributed by atoms with Crippen molar-refractivity contribution in [2.45, 2.75) is 45.0 Å². The van der Waals surface area contributed by atoms with Crippen molar-refractivity contribution in [2.75, 3.05) is 6.54 Å². The van der Waals surface area contributed by atoms with Gasteiger partial charge in [-0.2, -0.15) is 5.10 Å². The van der Waals surface area contributed by atoms with Gasteiger partial charge >= 0.3 is 6.03 Å². The molecule has 1 fully saturated rings. The van der Waals surface area contributed by atoms with Crippen LogP contribution in [-0.2, 0) is 13.2 Å². The number of urea groups is 1. The molecular formula is C17H24N6O2. The van der Waals surface area contributed by atoms with Crippen LogP contribution in [0.25, 0.3) is 0 Å². The van der Waals surface area contributed by atoms with Crippen molar-refractivity contribution in [2.24, 2.45) is 0 Å². The Labute approximate surface area is 146 Å². The standard InChI is InChI=1S/C17H24N6O2/c1-12-7-8-13(9-18-12)20-17(24)19-10-15-21-16(23-22-15)11-25-14-5-3-2-4-6-14/h2-6,12-13,18H,7-11H2,1H3,(H2,19,20,24)(H,21,22,23). The summed E-state index contributed by atoms with van der Waals surface area (Å²) in [6.07, 6.45) is 2.06. The monoisotopic (exact) mass is 344 g/mol. The lowest BCUT2D eigenvalue weighted by Crippen LogP contribution is -2.51. The molecular weight excluding hydrogens is 320 g/mol. The number of aromatic amines is 1. The van der Waals surface area contributed by atoms with Crippen LogP contribution in [-0.4, -0.2) is 39.8 Å². The normalized spacial score (nSPS) is 20.0. The van der Waals surface area contributed by atoms with Crippen molar-refractivity contribution >= 4 is 6.03 Å². The van der Waals surface area contributed by atoms with Gasteiger partial charge in [0.1, 0.15) is 12.4 Å². The van der Waals surface area contributed by atoms with Crippen LogP contribution in [0.2, 0.25) is 0 Å². The highest BCUT2D eigenvalue weighted by molar-refractivity contribution is 5.74. The van der Waals surface area contributed by atoms with Gasteiger partial charge in [-0.3, -0.25) is 5.10 Å². The van der Waals surface area contributed by atoms with E-state index >= 15 is 0 Å². The second-order valence-corrected chi connectivity index (χ2v) is 6.21. The summed E-state index contributed by atoms with van der Waals surface area (Å²) in [4.78, 5) is 16.3. The third kappa shape index (κ3) is 5.46. The van der Waals surface area contributed by atoms with E-state index < -0.39 is 0 Å². The lowest BCUT2D eigenvalue weighted by Gasteiger charge is -2.28. The molecule has 1 aliphatic rings. The van der Waals surface area contributed by atoms with Crippen molar-refractivity contribution in [1.82, 2.24) is 31.1 Å². The maximum Gasteiger partial charge on any atom is 0.315 e. The molecule has 8 heteroatoms. The third-order valence-electron chi connectivity index (χ3n) is 4.10. The molecule has 3 rings (SSSR count). The summed E-state index contributed by atoms with van der Waals surface area (Å²) in [5, 5.41) is 16.0. The van der Waals surface area contributed by atoms with E-state index in [-0.39, 0.29) is 18.6 Å². The molecule has 1 aliphatic heterocycles. The van der Waals surface area contributed by atoms with Gasteiger partial charge in [0.2, 0.25) is 0 Å². The Bertz CT molecular complexity index is 667. The number of piperidine rings is 1. The van der Waals surface area contributed by atoms with Gasteiger partial charge < -0.3 is 20.7 Å². The van der Waals surface area contributed by atoms with Crippen LogP contribution in [0.5, 0.6) is 5.75 Å². The molecule has 134 valence electrons. The highest BCUT2D eigenvalue weighted by atomic mass is 16.5. The predicted octanol–water partition coefficient (Wildman–Crippen LogP) is 1.32. The maximum absolute atomic E-state index is 11.9. The predicted molar refractivity (Wildman–Crippen MR) is 93.0 cm³/mol. The number of hydrogen-bond acceptors (Lipinski definition) is 5. The number of hydrogen-bond donors (Lipinski definition) is 4. The van der Waals surface area contributed by atoms with Crippen LogP contribution in [0.4, 0.5) is 4.79 Å². The minimum Gasteiger partial charge on any atom is -0.486 e. The van der Waals surface area contributed by atoms with Gasteiger partial charge in [0, 0.05) is 18.6 Å². The van der Waals surface area contributed by atoms with E-state index in [2.05, 4.69) is 38.1 Å². The molecule has 1 aromatic heterocycles. The van der Waals surface area contributed by atoms with E-state index in [9.17, 15) is 4.79 Å². The average molecular weight is 344 g/mol. The lowest BCUT2D eigenvalue weighted by molar-refractivity contribution is 0.231. The van der Waals surface area contributed by atoms with Gasteiger partial charge in [-0.1, -0.05) is 18.2 Å². The fourth-order valence-corrected chi connectivity index (χ4v) is 2.66. The summed E-state index contributed by atoms with van der Waals surface area (Å²) in [6.45, 7) is 3.52. The van der Waals surface area contributed by atoms with Crippen LogP contribution in [0.15, 0.2) is 30.3 Å². The first-order chi connectivity index (χ1) is 12.2. The summed E-state index contributed by atoms with van der Waals surface area (Å²) in [5.74, 6) is 1.91. The first-order valence-electron chi connectivity index (χ1n) is 8.55. The fourth-order valence-electron chi connectivity index (χ4n) is 2.66. The van der Waals surface area contributed by atoms with Crippen LogP contribution in [0.1, 0.15) is 31.4 Å². The van der Waals surface area contributed by atoms with E-state index in [0.29, 0.717) is 24.3 Å². The number of carbonyl (C=O) groups excluding carboxylic acids is 1. The number of H-pyrrole nitrogens is 1. The van der Waals surface area contributed by atoms with Crippen LogP contribution < -0.4 is 20.7 Å². The molecule has 2 atom stereocenters. The molecule has 0 saturated carbocycles. The number of aromatic nitrogens is 3. The van der Waals surface area contributed by atoms with Crippen molar-refractivity contribution in [1.29, 1.82) is 0 Å². The molecule has 4 N–H and O–H groups in total. The Morgan fingerprint density at radius 1 is 1.32 bits per heavy atom. The van der Waals surface area contributed by atoms with Gasteiger partial charge in [-0.25, -0.2) is 9.78 Å². The van der Waals surface area contributed by atoms with E-state index in [4.69, 9.17) is 4.74 Å². The number of nitrogens with zero attached hydrogens (tertiary/aromatic N) is 2. The van der Waals surface area contributed by atoms with Crippen molar-refractivity contribution < 1.29 is 9.53 Å². The molecule has 1 saturated heterocycles. The zero-order chi connectivity index (χ0) is 17.5. The van der Waals surface area contributed by atoms with Gasteiger partial charge in [0.05, 0.1) is 6.54 Å². The number of rotatable bonds is 6. The zero-order valence-electron chi connectivity index (χ0n) is 14.3. The van der Waals surface area contributed by atoms with Gasteiger partial charge in [0.25, 0.3) is 0 Å². The van der Waals surface area contributed by atoms with Crippen molar-refractivity contribution in [3.05, 3.63) is 42.0 Å². The molecule has 25 heavy (non-hydrogen) atoms. The Morgan fingerprint density at radius 2 is 2.16 bits per heavy atom. The number of carbonyl (C=O) groups is 1. The SMILES string of the molecule is CC1CCC(NC(=O)NCc2n[nH]c(COc3ccccc3)n2)CN1. The maximum atomic E-state index is 11.9. The molecule has 0 radical (unpaired) electrons. The van der Waals surface area contributed by atoms with E-state index in [1.165, 1.54) is 0 Å². The molecule has 2 heterocycles. The fraction of sp³-hybridized carbons (Fsp3) is 0.471. The van der Waals surface area contributed by atoms with Crippen molar-refractivity contribution in [3.63, 3.8) is 0 Å². The van der Waals surface area contributed by atoms with Gasteiger partial charge in [-0.15, -0.1) is 0 Å². The minimum atomic E-state index is -0.201. The molecule has 2 aromatic rings. The molecule has 2 amide bonds. The number of nitrogens with one attached hydrogen (secondary N) is 4. The Morgan fingerprint density at radius 3 is 2.92 bits per heavy atom. The smallest absolute Gasteiger partial charge is 0.315 e. The molecule has 8 nitrogen and oxygen atoms in total. The number of para-hydroxylation sites is 1. The highest BCUT2D eigenvalue weighted by Gasteiger charge is 2.19. The minimum absolute atomic E-state index is 0.165. The molecule has 2 unspecified atom stereocenters. The van der Waals surface area contributed by atoms with E-state index in [1.807, 2.05) is 30.3 Å². The van der Waals surface area contributed by atoms with Crippen LogP contribution in [0.3, 0.4) is 0 Å². The van der Waals surface area contributed by atoms with Gasteiger partial charge in [0.15, 0.2) is 11.6 Å². The highest BCUT2D eigenvalue weighted by Crippen LogP contribution is 2.10. The van der Waals surface area contributed by atoms with E-state index in [1.54, 1.807) is 0 Å². The topological polar surface area (TPSA) is 104 Å². The second-order valence-electron chi connectivity index (χ2n) is 6.21. The Hall–Kier alpha value is -2.61. The third-order valence-corrected chi connectivity index (χ3v) is 4.10. The second kappa shape index (κ2) is 8.48. The largest absolute Gasteiger partial charge is 0.486 e. The van der Waals surface area contributed by atoms with Crippen LogP contribution in [0, 0.1) is 0 Å². The van der Waals surface area contributed by atoms with Crippen LogP contribution >= 0.6 is 0 Å². The Balaban J connectivity index is 1.38. The van der Waals surface area contributed by atoms with Gasteiger partial charge in [-0.05, 0) is 31.9 Å². The van der Waals surface area contributed by atoms with Crippen molar-refractivity contribution in [3.8, 4) is 5.75 Å². The summed E-state index contributed by atoms with van der Waals surface area (Å²) < 4.78 is 5.60. The Kier molecular flexibility index (Phi) is 5.84. The number of benzene rings is 1. The quantitative estimate of drug-likeness (QED) is 0.633. The number of amides is 2. The summed E-state index contributed by atoms with van der Waals surface area (Å²) >= 11 is 0. The first kappa shape index (κ1) is 17.2. The summed E-state index contributed by atoms with van der Waals surface area (Å²) in [6, 6.07) is 9.99. The molecule has 0 bridgehead atoms.